The summed E-state index contributed by atoms with van der Waals surface area (Å²) in [5, 5.41) is 0. The molecule has 0 bridgehead atoms. The predicted octanol–water partition coefficient (Wildman–Crippen LogP) is 3.36. The van der Waals surface area contributed by atoms with Crippen LogP contribution < -0.4 is 4.74 Å². The van der Waals surface area contributed by atoms with E-state index in [0.717, 1.165) is 0 Å². The number of rotatable bonds is 3. The molecule has 0 heterocycles. The minimum absolute atomic E-state index is 0.0397. The van der Waals surface area contributed by atoms with Crippen molar-refractivity contribution in [3.8, 4) is 5.75 Å². The zero-order chi connectivity index (χ0) is 14.5. The van der Waals surface area contributed by atoms with Crippen LogP contribution in [0.25, 0.3) is 0 Å². The predicted molar refractivity (Wildman–Crippen MR) is 76.6 cm³/mol. The van der Waals surface area contributed by atoms with E-state index < -0.39 is 16.5 Å². The van der Waals surface area contributed by atoms with Crippen LogP contribution in [0, 0.1) is 0 Å². The summed E-state index contributed by atoms with van der Waals surface area (Å²) < 4.78 is 30.4. The molecule has 0 aliphatic heterocycles. The number of carbonyl (C=O) groups excluding carboxylic acids is 1. The van der Waals surface area contributed by atoms with Crippen molar-refractivity contribution in [2.45, 2.75) is 0 Å². The number of hydrogen-bond donors (Lipinski definition) is 0. The Balaban J connectivity index is 2.35. The highest BCUT2D eigenvalue weighted by molar-refractivity contribution is 9.10. The Labute approximate surface area is 125 Å². The monoisotopic (exact) mass is 353 g/mol. The summed E-state index contributed by atoms with van der Waals surface area (Å²) in [4.78, 5) is 12.1. The molecule has 7 heteroatoms. The lowest BCUT2D eigenvalue weighted by Gasteiger charge is -2.07. The Morgan fingerprint density at radius 3 is 2.40 bits per heavy atom. The van der Waals surface area contributed by atoms with Crippen molar-refractivity contribution in [2.24, 2.45) is 4.36 Å². The van der Waals surface area contributed by atoms with Crippen molar-refractivity contribution in [2.75, 3.05) is 0 Å². The lowest BCUT2D eigenvalue weighted by molar-refractivity contribution is 0.0734. The minimum Gasteiger partial charge on any atom is -0.422 e. The van der Waals surface area contributed by atoms with E-state index in [1.54, 1.807) is 36.4 Å². The Morgan fingerprint density at radius 2 is 1.70 bits per heavy atom. The number of benzene rings is 2. The lowest BCUT2D eigenvalue weighted by Crippen LogP contribution is -2.09. The normalized spacial score (nSPS) is 9.85. The van der Waals surface area contributed by atoms with Gasteiger partial charge in [-0.15, -0.1) is 4.36 Å². The molecular weight excluding hydrogens is 346 g/mol. The molecular formula is C13H8BrNO4S. The molecule has 0 unspecified atom stereocenters. The van der Waals surface area contributed by atoms with Gasteiger partial charge in [-0.2, -0.15) is 8.42 Å². The first kappa shape index (κ1) is 14.4. The molecule has 20 heavy (non-hydrogen) atoms. The first-order valence-corrected chi connectivity index (χ1v) is 7.27. The first-order valence-electron chi connectivity index (χ1n) is 5.45. The second-order valence-electron chi connectivity index (χ2n) is 3.65. The second-order valence-corrected chi connectivity index (χ2v) is 5.12. The standard InChI is InChI=1S/C13H8BrNO4S/c14-10-6-2-4-8-12(10)19-13(16)9-5-1-3-7-11(9)15-20(17)18/h1-8H. The Kier molecular flexibility index (Phi) is 4.65. The number of esters is 1. The van der Waals surface area contributed by atoms with E-state index in [4.69, 9.17) is 4.74 Å². The van der Waals surface area contributed by atoms with Gasteiger partial charge in [0.25, 0.3) is 0 Å². The molecule has 0 fully saturated rings. The molecule has 5 nitrogen and oxygen atoms in total. The fraction of sp³-hybridized carbons (Fsp3) is 0. The minimum atomic E-state index is -2.64. The van der Waals surface area contributed by atoms with Crippen molar-refractivity contribution in [1.29, 1.82) is 0 Å². The average molecular weight is 354 g/mol. The van der Waals surface area contributed by atoms with Gasteiger partial charge in [-0.1, -0.05) is 24.3 Å². The maximum Gasteiger partial charge on any atom is 0.345 e. The molecule has 2 aromatic rings. The van der Waals surface area contributed by atoms with Crippen molar-refractivity contribution in [1.82, 2.24) is 0 Å². The van der Waals surface area contributed by atoms with E-state index in [1.165, 1.54) is 12.1 Å². The van der Waals surface area contributed by atoms with Crippen molar-refractivity contribution in [3.63, 3.8) is 0 Å². The number of nitrogens with zero attached hydrogens (tertiary/aromatic N) is 1. The van der Waals surface area contributed by atoms with E-state index in [-0.39, 0.29) is 11.3 Å². The summed E-state index contributed by atoms with van der Waals surface area (Å²) in [6.07, 6.45) is 0. The zero-order valence-corrected chi connectivity index (χ0v) is 12.4. The smallest absolute Gasteiger partial charge is 0.345 e. The molecule has 0 saturated heterocycles. The molecule has 0 N–H and O–H groups in total. The number of carbonyl (C=O) groups is 1. The quantitative estimate of drug-likeness (QED) is 0.626. The Hall–Kier alpha value is -1.99. The van der Waals surface area contributed by atoms with Crippen LogP contribution in [-0.4, -0.2) is 14.4 Å². The summed E-state index contributed by atoms with van der Waals surface area (Å²) in [7, 11) is -2.64. The molecule has 0 spiro atoms. The van der Waals surface area contributed by atoms with Gasteiger partial charge in [0.1, 0.15) is 5.75 Å². The number of hydrogen-bond acceptors (Lipinski definition) is 5. The van der Waals surface area contributed by atoms with E-state index in [1.807, 2.05) is 0 Å². The number of para-hydroxylation sites is 1. The molecule has 0 saturated carbocycles. The third kappa shape index (κ3) is 3.52. The largest absolute Gasteiger partial charge is 0.422 e. The molecule has 0 atom stereocenters. The summed E-state index contributed by atoms with van der Waals surface area (Å²) >= 11 is 3.26. The van der Waals surface area contributed by atoms with Gasteiger partial charge in [0.15, 0.2) is 0 Å². The maximum absolute atomic E-state index is 12.1. The van der Waals surface area contributed by atoms with Crippen molar-refractivity contribution >= 4 is 38.1 Å². The molecule has 0 amide bonds. The van der Waals surface area contributed by atoms with Crippen LogP contribution in [-0.2, 0) is 10.5 Å². The fourth-order valence-electron chi connectivity index (χ4n) is 1.49. The average Bonchev–Trinajstić information content (AvgIpc) is 2.41. The molecule has 0 radical (unpaired) electrons. The van der Waals surface area contributed by atoms with Crippen LogP contribution >= 0.6 is 15.9 Å². The molecule has 0 aliphatic carbocycles. The molecule has 0 aromatic heterocycles. The third-order valence-corrected chi connectivity index (χ3v) is 3.34. The second kappa shape index (κ2) is 6.44. The summed E-state index contributed by atoms with van der Waals surface area (Å²) in [5.74, 6) is -0.336. The zero-order valence-electron chi connectivity index (χ0n) is 9.99. The summed E-state index contributed by atoms with van der Waals surface area (Å²) in [5.41, 5.74) is 0.116. The Morgan fingerprint density at radius 1 is 1.05 bits per heavy atom. The topological polar surface area (TPSA) is 72.8 Å². The highest BCUT2D eigenvalue weighted by Crippen LogP contribution is 2.26. The van der Waals surface area contributed by atoms with Crippen LogP contribution in [0.2, 0.25) is 0 Å². The van der Waals surface area contributed by atoms with Gasteiger partial charge in [0.2, 0.25) is 0 Å². The van der Waals surface area contributed by atoms with Gasteiger partial charge < -0.3 is 4.74 Å². The molecule has 2 aromatic carbocycles. The van der Waals surface area contributed by atoms with Crippen LogP contribution in [0.5, 0.6) is 5.75 Å². The van der Waals surface area contributed by atoms with Crippen LogP contribution in [0.15, 0.2) is 57.4 Å². The van der Waals surface area contributed by atoms with Crippen LogP contribution in [0.3, 0.4) is 0 Å². The van der Waals surface area contributed by atoms with E-state index in [0.29, 0.717) is 10.2 Å². The van der Waals surface area contributed by atoms with Crippen molar-refractivity contribution in [3.05, 3.63) is 58.6 Å². The molecule has 2 rings (SSSR count). The summed E-state index contributed by atoms with van der Waals surface area (Å²) in [6.45, 7) is 0. The van der Waals surface area contributed by atoms with Crippen LogP contribution in [0.1, 0.15) is 10.4 Å². The number of ether oxygens (including phenoxy) is 1. The van der Waals surface area contributed by atoms with Gasteiger partial charge in [-0.25, -0.2) is 4.79 Å². The molecule has 102 valence electrons. The van der Waals surface area contributed by atoms with E-state index >= 15 is 0 Å². The van der Waals surface area contributed by atoms with Gasteiger partial charge in [0.05, 0.1) is 15.7 Å². The van der Waals surface area contributed by atoms with Gasteiger partial charge in [-0.05, 0) is 40.2 Å². The maximum atomic E-state index is 12.1. The first-order chi connectivity index (χ1) is 9.58. The Bertz CT molecular complexity index is 778. The van der Waals surface area contributed by atoms with Crippen molar-refractivity contribution < 1.29 is 17.9 Å². The third-order valence-electron chi connectivity index (χ3n) is 2.34. The van der Waals surface area contributed by atoms with E-state index in [9.17, 15) is 13.2 Å². The van der Waals surface area contributed by atoms with Gasteiger partial charge in [0, 0.05) is 0 Å². The van der Waals surface area contributed by atoms with Crippen LogP contribution in [0.4, 0.5) is 5.69 Å². The van der Waals surface area contributed by atoms with Gasteiger partial charge >= 0.3 is 16.5 Å². The molecule has 0 aliphatic rings. The number of halogens is 1. The van der Waals surface area contributed by atoms with Gasteiger partial charge in [-0.3, -0.25) is 0 Å². The fourth-order valence-corrected chi connectivity index (χ4v) is 2.17. The highest BCUT2D eigenvalue weighted by atomic mass is 79.9. The summed E-state index contributed by atoms with van der Waals surface area (Å²) in [6, 6.07) is 12.9. The highest BCUT2D eigenvalue weighted by Gasteiger charge is 2.14. The van der Waals surface area contributed by atoms with E-state index in [2.05, 4.69) is 20.3 Å². The SMILES string of the molecule is O=C(Oc1ccccc1Br)c1ccccc1N=S(=O)=O. The lowest BCUT2D eigenvalue weighted by atomic mass is 10.2.